The lowest BCUT2D eigenvalue weighted by molar-refractivity contribution is 0.193. The van der Waals surface area contributed by atoms with E-state index in [1.165, 1.54) is 6.08 Å². The monoisotopic (exact) mass is 112 g/mol. The predicted molar refractivity (Wildman–Crippen MR) is 30.9 cm³/mol. The number of hydrogen-bond donors (Lipinski definition) is 2. The van der Waals surface area contributed by atoms with Gasteiger partial charge in [0.2, 0.25) is 0 Å². The zero-order chi connectivity index (χ0) is 5.98. The summed E-state index contributed by atoms with van der Waals surface area (Å²) in [5.74, 6) is 2.53. The molecule has 2 atom stereocenters. The van der Waals surface area contributed by atoms with Gasteiger partial charge in [-0.15, -0.1) is 0 Å². The third-order valence-corrected chi connectivity index (χ3v) is 1.08. The summed E-state index contributed by atoms with van der Waals surface area (Å²) in [7, 11) is 0. The summed E-state index contributed by atoms with van der Waals surface area (Å²) in [5.41, 5.74) is 5.36. The van der Waals surface area contributed by atoms with Crippen molar-refractivity contribution in [2.45, 2.75) is 12.1 Å². The molecule has 0 aromatic heterocycles. The Balaban J connectivity index is 2.62. The van der Waals surface area contributed by atoms with Crippen molar-refractivity contribution < 1.29 is 5.11 Å². The van der Waals surface area contributed by atoms with Gasteiger partial charge in [0.05, 0.1) is 18.7 Å². The molecule has 8 heavy (non-hydrogen) atoms. The lowest BCUT2D eigenvalue weighted by Gasteiger charge is -2.13. The first kappa shape index (κ1) is 5.51. The molecule has 0 aliphatic carbocycles. The van der Waals surface area contributed by atoms with Gasteiger partial charge in [-0.3, -0.25) is 0 Å². The SMILES string of the molecule is NC1CN=C=CC1O. The van der Waals surface area contributed by atoms with Crippen LogP contribution in [0.15, 0.2) is 11.1 Å². The molecule has 1 aliphatic heterocycles. The quantitative estimate of drug-likeness (QED) is 0.418. The molecule has 0 spiro atoms. The molecule has 3 heteroatoms. The molecule has 0 aromatic rings. The van der Waals surface area contributed by atoms with E-state index in [9.17, 15) is 0 Å². The summed E-state index contributed by atoms with van der Waals surface area (Å²) < 4.78 is 0. The fourth-order valence-corrected chi connectivity index (χ4v) is 0.519. The standard InChI is InChI=1S/C5H8N2O/c6-4-3-7-2-1-5(4)8/h1,4-5,8H,3,6H2. The van der Waals surface area contributed by atoms with E-state index in [0.717, 1.165) is 0 Å². The van der Waals surface area contributed by atoms with Gasteiger partial charge in [0.25, 0.3) is 0 Å². The third-order valence-electron chi connectivity index (χ3n) is 1.08. The lowest BCUT2D eigenvalue weighted by atomic mass is 10.1. The minimum absolute atomic E-state index is 0.226. The van der Waals surface area contributed by atoms with Gasteiger partial charge in [-0.05, 0) is 5.87 Å². The molecule has 0 fully saturated rings. The zero-order valence-corrected chi connectivity index (χ0v) is 4.41. The van der Waals surface area contributed by atoms with Crippen LogP contribution in [0.5, 0.6) is 0 Å². The van der Waals surface area contributed by atoms with E-state index < -0.39 is 6.10 Å². The second-order valence-corrected chi connectivity index (χ2v) is 1.79. The Bertz CT molecular complexity index is 137. The minimum Gasteiger partial charge on any atom is -0.387 e. The van der Waals surface area contributed by atoms with E-state index in [0.29, 0.717) is 6.54 Å². The van der Waals surface area contributed by atoms with Crippen LogP contribution in [0.1, 0.15) is 0 Å². The lowest BCUT2D eigenvalue weighted by Crippen LogP contribution is -2.37. The number of rotatable bonds is 0. The van der Waals surface area contributed by atoms with Crippen LogP contribution >= 0.6 is 0 Å². The van der Waals surface area contributed by atoms with Crippen molar-refractivity contribution in [3.63, 3.8) is 0 Å². The number of aliphatic imine (C=N–C) groups is 1. The van der Waals surface area contributed by atoms with Gasteiger partial charge in [-0.25, -0.2) is 4.99 Å². The van der Waals surface area contributed by atoms with E-state index >= 15 is 0 Å². The predicted octanol–water partition coefficient (Wildman–Crippen LogP) is -1.09. The molecule has 0 bridgehead atoms. The van der Waals surface area contributed by atoms with E-state index in [1.54, 1.807) is 0 Å². The van der Waals surface area contributed by atoms with Gasteiger partial charge < -0.3 is 10.8 Å². The van der Waals surface area contributed by atoms with E-state index in [1.807, 2.05) is 0 Å². The van der Waals surface area contributed by atoms with Gasteiger partial charge in [0.15, 0.2) is 0 Å². The van der Waals surface area contributed by atoms with Crippen LogP contribution < -0.4 is 5.73 Å². The molecule has 0 saturated heterocycles. The minimum atomic E-state index is -0.549. The molecular weight excluding hydrogens is 104 g/mol. The molecule has 0 aromatic carbocycles. The first-order valence-corrected chi connectivity index (χ1v) is 2.49. The number of aliphatic hydroxyl groups is 1. The summed E-state index contributed by atoms with van der Waals surface area (Å²) in [4.78, 5) is 3.72. The van der Waals surface area contributed by atoms with Crippen molar-refractivity contribution in [1.29, 1.82) is 0 Å². The van der Waals surface area contributed by atoms with Gasteiger partial charge in [0, 0.05) is 6.08 Å². The average molecular weight is 112 g/mol. The maximum Gasteiger partial charge on any atom is 0.0978 e. The largest absolute Gasteiger partial charge is 0.387 e. The molecule has 2 unspecified atom stereocenters. The maximum atomic E-state index is 8.87. The fourth-order valence-electron chi connectivity index (χ4n) is 0.519. The highest BCUT2D eigenvalue weighted by Gasteiger charge is 2.12. The average Bonchev–Trinajstić information content (AvgIpc) is 1.77. The van der Waals surface area contributed by atoms with Crippen molar-refractivity contribution in [3.8, 4) is 0 Å². The molecule has 44 valence electrons. The molecule has 1 aliphatic rings. The number of aliphatic hydroxyl groups excluding tert-OH is 1. The van der Waals surface area contributed by atoms with E-state index in [-0.39, 0.29) is 6.04 Å². The molecule has 0 radical (unpaired) electrons. The van der Waals surface area contributed by atoms with Crippen molar-refractivity contribution in [2.75, 3.05) is 6.54 Å². The van der Waals surface area contributed by atoms with Crippen molar-refractivity contribution in [2.24, 2.45) is 10.7 Å². The Morgan fingerprint density at radius 1 is 1.88 bits per heavy atom. The Morgan fingerprint density at radius 3 is 3.00 bits per heavy atom. The fraction of sp³-hybridized carbons (Fsp3) is 0.600. The summed E-state index contributed by atoms with van der Waals surface area (Å²) in [6.45, 7) is 0.484. The molecule has 0 amide bonds. The zero-order valence-electron chi connectivity index (χ0n) is 4.41. The van der Waals surface area contributed by atoms with E-state index in [2.05, 4.69) is 10.9 Å². The number of hydrogen-bond acceptors (Lipinski definition) is 3. The van der Waals surface area contributed by atoms with Gasteiger partial charge in [-0.1, -0.05) is 0 Å². The normalized spacial score (nSPS) is 35.8. The third kappa shape index (κ3) is 0.954. The van der Waals surface area contributed by atoms with Gasteiger partial charge in [-0.2, -0.15) is 0 Å². The topological polar surface area (TPSA) is 58.6 Å². The van der Waals surface area contributed by atoms with Crippen molar-refractivity contribution >= 4 is 5.87 Å². The number of nitrogens with two attached hydrogens (primary N) is 1. The first-order valence-electron chi connectivity index (χ1n) is 2.49. The maximum absolute atomic E-state index is 8.87. The Labute approximate surface area is 47.5 Å². The highest BCUT2D eigenvalue weighted by atomic mass is 16.3. The highest BCUT2D eigenvalue weighted by Crippen LogP contribution is 1.94. The highest BCUT2D eigenvalue weighted by molar-refractivity contribution is 5.54. The smallest absolute Gasteiger partial charge is 0.0978 e. The van der Waals surface area contributed by atoms with E-state index in [4.69, 9.17) is 10.8 Å². The second kappa shape index (κ2) is 2.09. The number of nitrogens with zero attached hydrogens (tertiary/aromatic N) is 1. The van der Waals surface area contributed by atoms with Crippen LogP contribution in [-0.4, -0.2) is 29.7 Å². The summed E-state index contributed by atoms with van der Waals surface area (Å²) in [6.07, 6.45) is 0.918. The summed E-state index contributed by atoms with van der Waals surface area (Å²) >= 11 is 0. The second-order valence-electron chi connectivity index (χ2n) is 1.79. The Morgan fingerprint density at radius 2 is 2.62 bits per heavy atom. The van der Waals surface area contributed by atoms with Crippen LogP contribution in [0.2, 0.25) is 0 Å². The van der Waals surface area contributed by atoms with Crippen molar-refractivity contribution in [3.05, 3.63) is 6.08 Å². The Kier molecular flexibility index (Phi) is 1.44. The molecule has 1 heterocycles. The summed E-state index contributed by atoms with van der Waals surface area (Å²) in [5, 5.41) is 8.87. The summed E-state index contributed by atoms with van der Waals surface area (Å²) in [6, 6.07) is -0.226. The van der Waals surface area contributed by atoms with Crippen LogP contribution in [0.3, 0.4) is 0 Å². The molecule has 0 saturated carbocycles. The van der Waals surface area contributed by atoms with Crippen LogP contribution in [0.4, 0.5) is 0 Å². The first-order chi connectivity index (χ1) is 3.80. The molecule has 3 nitrogen and oxygen atoms in total. The van der Waals surface area contributed by atoms with Crippen LogP contribution in [0.25, 0.3) is 0 Å². The molecule has 1 rings (SSSR count). The van der Waals surface area contributed by atoms with Crippen LogP contribution in [-0.2, 0) is 0 Å². The van der Waals surface area contributed by atoms with Gasteiger partial charge >= 0.3 is 0 Å². The van der Waals surface area contributed by atoms with Gasteiger partial charge in [0.1, 0.15) is 0 Å². The Hall–Kier alpha value is -0.630. The van der Waals surface area contributed by atoms with Crippen molar-refractivity contribution in [1.82, 2.24) is 0 Å². The molecular formula is C5H8N2O. The molecule has 3 N–H and O–H groups in total. The van der Waals surface area contributed by atoms with Crippen LogP contribution in [0, 0.1) is 0 Å².